The van der Waals surface area contributed by atoms with Gasteiger partial charge in [-0.15, -0.1) is 11.3 Å². The second kappa shape index (κ2) is 10.6. The molecule has 0 radical (unpaired) electrons. The summed E-state index contributed by atoms with van der Waals surface area (Å²) >= 11 is 1.63. The van der Waals surface area contributed by atoms with Crippen LogP contribution in [0.4, 0.5) is 0 Å². The summed E-state index contributed by atoms with van der Waals surface area (Å²) in [5.41, 5.74) is 1.81. The third-order valence-electron chi connectivity index (χ3n) is 6.29. The van der Waals surface area contributed by atoms with Crippen molar-refractivity contribution in [2.24, 2.45) is 5.92 Å². The van der Waals surface area contributed by atoms with E-state index in [9.17, 15) is 9.59 Å². The van der Waals surface area contributed by atoms with Gasteiger partial charge in [-0.2, -0.15) is 0 Å². The van der Waals surface area contributed by atoms with Gasteiger partial charge in [0.15, 0.2) is 18.1 Å². The van der Waals surface area contributed by atoms with E-state index in [4.69, 9.17) is 14.5 Å². The van der Waals surface area contributed by atoms with Crippen LogP contribution < -0.4 is 15.0 Å². The van der Waals surface area contributed by atoms with Gasteiger partial charge >= 0.3 is 0 Å². The number of rotatable bonds is 9. The lowest BCUT2D eigenvalue weighted by Gasteiger charge is -2.21. The van der Waals surface area contributed by atoms with Crippen molar-refractivity contribution in [3.05, 3.63) is 39.0 Å². The summed E-state index contributed by atoms with van der Waals surface area (Å²) in [7, 11) is 1.56. The minimum Gasteiger partial charge on any atom is -0.493 e. The first-order valence-corrected chi connectivity index (χ1v) is 12.9. The van der Waals surface area contributed by atoms with Crippen LogP contribution in [0.15, 0.2) is 23.0 Å². The SMILES string of the molecule is CCCN(CCC)C(=O)COc1ccc(-c2nc3sc4c(c3c(=O)[nH]2)CCC(C)C4)cc1OC. The van der Waals surface area contributed by atoms with E-state index >= 15 is 0 Å². The van der Waals surface area contributed by atoms with Crippen molar-refractivity contribution in [2.75, 3.05) is 26.8 Å². The maximum atomic E-state index is 13.0. The Morgan fingerprint density at radius 2 is 2.00 bits per heavy atom. The van der Waals surface area contributed by atoms with Gasteiger partial charge in [-0.25, -0.2) is 4.98 Å². The molecule has 1 atom stereocenters. The number of ether oxygens (including phenoxy) is 2. The van der Waals surface area contributed by atoms with Gasteiger partial charge in [-0.1, -0.05) is 20.8 Å². The molecule has 0 fully saturated rings. The number of carbonyl (C=O) groups is 1. The summed E-state index contributed by atoms with van der Waals surface area (Å²) in [6.45, 7) is 7.76. The molecule has 182 valence electrons. The van der Waals surface area contributed by atoms with Gasteiger partial charge < -0.3 is 19.4 Å². The molecule has 0 bridgehead atoms. The minimum absolute atomic E-state index is 0.0396. The fraction of sp³-hybridized carbons (Fsp3) is 0.500. The average Bonchev–Trinajstić information content (AvgIpc) is 3.20. The normalized spacial score (nSPS) is 15.2. The van der Waals surface area contributed by atoms with Gasteiger partial charge in [0.1, 0.15) is 10.7 Å². The lowest BCUT2D eigenvalue weighted by molar-refractivity contribution is -0.133. The number of aromatic amines is 1. The molecule has 1 unspecified atom stereocenters. The predicted molar refractivity (Wildman–Crippen MR) is 136 cm³/mol. The molecule has 2 aromatic heterocycles. The number of nitrogens with zero attached hydrogens (tertiary/aromatic N) is 2. The highest BCUT2D eigenvalue weighted by atomic mass is 32.1. The number of aromatic nitrogens is 2. The summed E-state index contributed by atoms with van der Waals surface area (Å²) in [4.78, 5) is 37.2. The molecule has 34 heavy (non-hydrogen) atoms. The Balaban J connectivity index is 1.58. The molecule has 1 aromatic carbocycles. The Bertz CT molecular complexity index is 1230. The van der Waals surface area contributed by atoms with Gasteiger partial charge in [-0.05, 0) is 61.8 Å². The molecule has 0 saturated heterocycles. The van der Waals surface area contributed by atoms with Gasteiger partial charge in [-0.3, -0.25) is 9.59 Å². The van der Waals surface area contributed by atoms with E-state index in [2.05, 4.69) is 25.8 Å². The van der Waals surface area contributed by atoms with Crippen LogP contribution in [0.5, 0.6) is 11.5 Å². The van der Waals surface area contributed by atoms with Crippen LogP contribution in [0, 0.1) is 5.92 Å². The van der Waals surface area contributed by atoms with Crippen LogP contribution in [-0.2, 0) is 17.6 Å². The van der Waals surface area contributed by atoms with Gasteiger partial charge in [0, 0.05) is 23.5 Å². The number of benzene rings is 1. The van der Waals surface area contributed by atoms with Gasteiger partial charge in [0.25, 0.3) is 11.5 Å². The van der Waals surface area contributed by atoms with E-state index in [0.29, 0.717) is 23.2 Å². The number of carbonyl (C=O) groups excluding carboxylic acids is 1. The molecule has 2 heterocycles. The van der Waals surface area contributed by atoms with E-state index in [1.165, 1.54) is 10.4 Å². The Labute approximate surface area is 204 Å². The molecular weight excluding hydrogens is 450 g/mol. The van der Waals surface area contributed by atoms with Crippen molar-refractivity contribution < 1.29 is 14.3 Å². The van der Waals surface area contributed by atoms with Crippen molar-refractivity contribution in [2.45, 2.75) is 52.9 Å². The maximum absolute atomic E-state index is 13.0. The van der Waals surface area contributed by atoms with Crippen molar-refractivity contribution >= 4 is 27.5 Å². The summed E-state index contributed by atoms with van der Waals surface area (Å²) < 4.78 is 11.3. The number of aryl methyl sites for hydroxylation is 1. The largest absolute Gasteiger partial charge is 0.493 e. The van der Waals surface area contributed by atoms with Crippen LogP contribution in [0.1, 0.15) is 50.5 Å². The van der Waals surface area contributed by atoms with E-state index in [-0.39, 0.29) is 18.1 Å². The monoisotopic (exact) mass is 483 g/mol. The first kappa shape index (κ1) is 24.3. The number of hydrogen-bond acceptors (Lipinski definition) is 6. The van der Waals surface area contributed by atoms with Crippen molar-refractivity contribution in [3.63, 3.8) is 0 Å². The lowest BCUT2D eigenvalue weighted by Crippen LogP contribution is -2.36. The Morgan fingerprint density at radius 3 is 2.71 bits per heavy atom. The zero-order chi connectivity index (χ0) is 24.2. The molecule has 7 nitrogen and oxygen atoms in total. The summed E-state index contributed by atoms with van der Waals surface area (Å²) in [5.74, 6) is 2.07. The second-order valence-electron chi connectivity index (χ2n) is 8.98. The predicted octanol–water partition coefficient (Wildman–Crippen LogP) is 4.81. The third kappa shape index (κ3) is 4.97. The summed E-state index contributed by atoms with van der Waals surface area (Å²) in [6.07, 6.45) is 4.87. The molecule has 1 amide bonds. The van der Waals surface area contributed by atoms with Crippen LogP contribution in [-0.4, -0.2) is 47.6 Å². The minimum atomic E-state index is -0.0936. The Hall–Kier alpha value is -2.87. The van der Waals surface area contributed by atoms with Crippen LogP contribution in [0.25, 0.3) is 21.6 Å². The number of amides is 1. The van der Waals surface area contributed by atoms with Crippen LogP contribution in [0.2, 0.25) is 0 Å². The van der Waals surface area contributed by atoms with Gasteiger partial charge in [0.05, 0.1) is 12.5 Å². The first-order chi connectivity index (χ1) is 16.4. The summed E-state index contributed by atoms with van der Waals surface area (Å²) in [5, 5.41) is 0.741. The quantitative estimate of drug-likeness (QED) is 0.472. The molecule has 1 aliphatic carbocycles. The highest BCUT2D eigenvalue weighted by molar-refractivity contribution is 7.18. The number of nitrogens with one attached hydrogen (secondary N) is 1. The first-order valence-electron chi connectivity index (χ1n) is 12.1. The number of H-pyrrole nitrogens is 1. The molecule has 1 N–H and O–H groups in total. The number of fused-ring (bicyclic) bond motifs is 3. The maximum Gasteiger partial charge on any atom is 0.260 e. The molecular formula is C26H33N3O4S. The topological polar surface area (TPSA) is 84.5 Å². The van der Waals surface area contributed by atoms with E-state index in [0.717, 1.165) is 61.0 Å². The number of thiophene rings is 1. The van der Waals surface area contributed by atoms with E-state index < -0.39 is 0 Å². The fourth-order valence-corrected chi connectivity index (χ4v) is 5.93. The van der Waals surface area contributed by atoms with Crippen molar-refractivity contribution in [1.82, 2.24) is 14.9 Å². The van der Waals surface area contributed by atoms with Crippen molar-refractivity contribution in [1.29, 1.82) is 0 Å². The third-order valence-corrected chi connectivity index (χ3v) is 7.44. The Kier molecular flexibility index (Phi) is 7.56. The molecule has 0 saturated carbocycles. The van der Waals surface area contributed by atoms with Gasteiger partial charge in [0.2, 0.25) is 0 Å². The molecule has 0 spiro atoms. The molecule has 4 rings (SSSR count). The molecule has 0 aliphatic heterocycles. The van der Waals surface area contributed by atoms with E-state index in [1.807, 2.05) is 11.0 Å². The summed E-state index contributed by atoms with van der Waals surface area (Å²) in [6, 6.07) is 5.38. The zero-order valence-corrected chi connectivity index (χ0v) is 21.2. The van der Waals surface area contributed by atoms with E-state index in [1.54, 1.807) is 30.6 Å². The molecule has 3 aromatic rings. The number of hydrogen-bond donors (Lipinski definition) is 1. The molecule has 1 aliphatic rings. The average molecular weight is 484 g/mol. The standard InChI is InChI=1S/C26H33N3O4S/c1-5-11-29(12-6-2)22(30)15-33-19-10-8-17(14-20(19)32-4)24-27-25(31)23-18-9-7-16(3)13-21(18)34-26(23)28-24/h8,10,14,16H,5-7,9,11-13,15H2,1-4H3,(H,27,28,31). The Morgan fingerprint density at radius 1 is 1.24 bits per heavy atom. The second-order valence-corrected chi connectivity index (χ2v) is 10.1. The highest BCUT2D eigenvalue weighted by Gasteiger charge is 2.23. The highest BCUT2D eigenvalue weighted by Crippen LogP contribution is 2.37. The van der Waals surface area contributed by atoms with Crippen LogP contribution >= 0.6 is 11.3 Å². The fourth-order valence-electron chi connectivity index (χ4n) is 4.55. The zero-order valence-electron chi connectivity index (χ0n) is 20.4. The number of methoxy groups -OCH3 is 1. The smallest absolute Gasteiger partial charge is 0.260 e. The lowest BCUT2D eigenvalue weighted by atomic mass is 9.89. The van der Waals surface area contributed by atoms with Crippen LogP contribution in [0.3, 0.4) is 0 Å². The van der Waals surface area contributed by atoms with Crippen molar-refractivity contribution in [3.8, 4) is 22.9 Å². The molecule has 8 heteroatoms.